The summed E-state index contributed by atoms with van der Waals surface area (Å²) in [7, 11) is 4.87. The van der Waals surface area contributed by atoms with Crippen LogP contribution in [0.2, 0.25) is 0 Å². The van der Waals surface area contributed by atoms with Gasteiger partial charge in [0.15, 0.2) is 0 Å². The Labute approximate surface area is 113 Å². The van der Waals surface area contributed by atoms with E-state index in [9.17, 15) is 9.90 Å². The summed E-state index contributed by atoms with van der Waals surface area (Å²) in [6, 6.07) is 5.58. The lowest BCUT2D eigenvalue weighted by molar-refractivity contribution is -0.137. The molecule has 1 aromatic carbocycles. The van der Waals surface area contributed by atoms with Crippen LogP contribution in [0.1, 0.15) is 12.5 Å². The molecule has 0 aromatic heterocycles. The van der Waals surface area contributed by atoms with Gasteiger partial charge < -0.3 is 19.5 Å². The Morgan fingerprint density at radius 2 is 2.05 bits per heavy atom. The van der Waals surface area contributed by atoms with Gasteiger partial charge in [-0.25, -0.2) is 0 Å². The summed E-state index contributed by atoms with van der Waals surface area (Å²) >= 11 is 0. The minimum absolute atomic E-state index is 0.285. The molecule has 1 rings (SSSR count). The van der Waals surface area contributed by atoms with Crippen molar-refractivity contribution in [2.75, 3.05) is 27.8 Å². The lowest BCUT2D eigenvalue weighted by Crippen LogP contribution is -2.36. The monoisotopic (exact) mass is 267 g/mol. The van der Waals surface area contributed by atoms with Crippen molar-refractivity contribution in [1.82, 2.24) is 4.90 Å². The van der Waals surface area contributed by atoms with E-state index in [1.54, 1.807) is 21.3 Å². The molecule has 0 saturated heterocycles. The molecule has 5 heteroatoms. The summed E-state index contributed by atoms with van der Waals surface area (Å²) in [5.74, 6) is 1.18. The lowest BCUT2D eigenvalue weighted by Gasteiger charge is -2.19. The Morgan fingerprint density at radius 3 is 2.58 bits per heavy atom. The summed E-state index contributed by atoms with van der Waals surface area (Å²) in [5.41, 5.74) is 0.994. The predicted molar refractivity (Wildman–Crippen MR) is 72.6 cm³/mol. The maximum absolute atomic E-state index is 11.5. The highest BCUT2D eigenvalue weighted by molar-refractivity contribution is 5.79. The van der Waals surface area contributed by atoms with E-state index in [1.807, 2.05) is 18.2 Å². The smallest absolute Gasteiger partial charge is 0.250 e. The van der Waals surface area contributed by atoms with Gasteiger partial charge in [-0.2, -0.15) is 0 Å². The molecule has 19 heavy (non-hydrogen) atoms. The maximum atomic E-state index is 11.5. The zero-order chi connectivity index (χ0) is 14.4. The van der Waals surface area contributed by atoms with Crippen LogP contribution >= 0.6 is 0 Å². The number of benzene rings is 1. The Morgan fingerprint density at radius 1 is 1.37 bits per heavy atom. The summed E-state index contributed by atoms with van der Waals surface area (Å²) in [5, 5.41) is 9.23. The summed E-state index contributed by atoms with van der Waals surface area (Å²) < 4.78 is 10.4. The van der Waals surface area contributed by atoms with E-state index >= 15 is 0 Å². The first kappa shape index (κ1) is 15.3. The minimum atomic E-state index is -0.970. The van der Waals surface area contributed by atoms with Gasteiger partial charge in [-0.15, -0.1) is 0 Å². The molecule has 1 atom stereocenters. The van der Waals surface area contributed by atoms with Crippen LogP contribution in [-0.4, -0.2) is 49.8 Å². The molecule has 0 heterocycles. The fourth-order valence-corrected chi connectivity index (χ4v) is 1.78. The number of hydrogen-bond donors (Lipinski definition) is 1. The van der Waals surface area contributed by atoms with Crippen LogP contribution < -0.4 is 9.47 Å². The molecule has 0 bridgehead atoms. The molecule has 0 spiro atoms. The molecule has 106 valence electrons. The number of ether oxygens (including phenoxy) is 2. The van der Waals surface area contributed by atoms with Crippen molar-refractivity contribution in [3.05, 3.63) is 23.8 Å². The summed E-state index contributed by atoms with van der Waals surface area (Å²) in [6.07, 6.45) is -0.315. The van der Waals surface area contributed by atoms with Crippen LogP contribution in [0.4, 0.5) is 0 Å². The SMILES string of the molecule is COc1ccc(CCN(C)C(=O)C(C)O)c(OC)c1. The molecule has 0 aliphatic rings. The Balaban J connectivity index is 2.70. The number of rotatable bonds is 6. The Kier molecular flexibility index (Phi) is 5.63. The molecule has 1 unspecified atom stereocenters. The molecular formula is C14H21NO4. The third-order valence-electron chi connectivity index (χ3n) is 2.94. The number of hydrogen-bond acceptors (Lipinski definition) is 4. The second-order valence-electron chi connectivity index (χ2n) is 4.36. The average molecular weight is 267 g/mol. The van der Waals surface area contributed by atoms with E-state index < -0.39 is 6.10 Å². The van der Waals surface area contributed by atoms with Crippen LogP contribution in [0.25, 0.3) is 0 Å². The fraction of sp³-hybridized carbons (Fsp3) is 0.500. The molecule has 5 nitrogen and oxygen atoms in total. The molecule has 0 fully saturated rings. The van der Waals surface area contributed by atoms with Crippen LogP contribution in [0.3, 0.4) is 0 Å². The largest absolute Gasteiger partial charge is 0.497 e. The van der Waals surface area contributed by atoms with E-state index in [0.29, 0.717) is 13.0 Å². The van der Waals surface area contributed by atoms with Gasteiger partial charge in [-0.1, -0.05) is 6.07 Å². The van der Waals surface area contributed by atoms with E-state index in [1.165, 1.54) is 11.8 Å². The molecule has 0 aliphatic heterocycles. The quantitative estimate of drug-likeness (QED) is 0.838. The number of nitrogens with zero attached hydrogens (tertiary/aromatic N) is 1. The van der Waals surface area contributed by atoms with Crippen molar-refractivity contribution in [1.29, 1.82) is 0 Å². The first-order valence-electron chi connectivity index (χ1n) is 6.13. The third-order valence-corrected chi connectivity index (χ3v) is 2.94. The Hall–Kier alpha value is -1.75. The van der Waals surface area contributed by atoms with E-state index in [4.69, 9.17) is 9.47 Å². The molecule has 0 aliphatic carbocycles. The maximum Gasteiger partial charge on any atom is 0.250 e. The lowest BCUT2D eigenvalue weighted by atomic mass is 10.1. The van der Waals surface area contributed by atoms with E-state index in [2.05, 4.69) is 0 Å². The van der Waals surface area contributed by atoms with Crippen molar-refractivity contribution in [3.8, 4) is 11.5 Å². The van der Waals surface area contributed by atoms with Crippen molar-refractivity contribution in [3.63, 3.8) is 0 Å². The summed E-state index contributed by atoms with van der Waals surface area (Å²) in [6.45, 7) is 1.99. The van der Waals surface area contributed by atoms with Crippen molar-refractivity contribution in [2.45, 2.75) is 19.4 Å². The number of amides is 1. The Bertz CT molecular complexity index is 431. The summed E-state index contributed by atoms with van der Waals surface area (Å²) in [4.78, 5) is 13.1. The number of aliphatic hydroxyl groups excluding tert-OH is 1. The molecule has 1 amide bonds. The number of carbonyl (C=O) groups excluding carboxylic acids is 1. The van der Waals surface area contributed by atoms with Crippen molar-refractivity contribution >= 4 is 5.91 Å². The second-order valence-corrected chi connectivity index (χ2v) is 4.36. The molecule has 1 N–H and O–H groups in total. The normalized spacial score (nSPS) is 11.8. The van der Waals surface area contributed by atoms with Crippen molar-refractivity contribution < 1.29 is 19.4 Å². The average Bonchev–Trinajstić information content (AvgIpc) is 2.43. The van der Waals surface area contributed by atoms with E-state index in [-0.39, 0.29) is 5.91 Å². The van der Waals surface area contributed by atoms with Gasteiger partial charge in [0.1, 0.15) is 17.6 Å². The van der Waals surface area contributed by atoms with Gasteiger partial charge in [0.05, 0.1) is 14.2 Å². The zero-order valence-electron chi connectivity index (χ0n) is 11.8. The number of carbonyl (C=O) groups is 1. The van der Waals surface area contributed by atoms with Gasteiger partial charge >= 0.3 is 0 Å². The first-order chi connectivity index (χ1) is 8.99. The van der Waals surface area contributed by atoms with Gasteiger partial charge in [0.25, 0.3) is 5.91 Å². The molecule has 1 aromatic rings. The second kappa shape index (κ2) is 6.99. The highest BCUT2D eigenvalue weighted by Crippen LogP contribution is 2.24. The number of aliphatic hydroxyl groups is 1. The number of methoxy groups -OCH3 is 2. The minimum Gasteiger partial charge on any atom is -0.497 e. The third kappa shape index (κ3) is 4.13. The van der Waals surface area contributed by atoms with E-state index in [0.717, 1.165) is 17.1 Å². The fourth-order valence-electron chi connectivity index (χ4n) is 1.78. The predicted octanol–water partition coefficient (Wildman–Crippen LogP) is 1.09. The van der Waals surface area contributed by atoms with Gasteiger partial charge in [-0.05, 0) is 25.0 Å². The zero-order valence-corrected chi connectivity index (χ0v) is 11.8. The highest BCUT2D eigenvalue weighted by Gasteiger charge is 2.15. The highest BCUT2D eigenvalue weighted by atomic mass is 16.5. The molecular weight excluding hydrogens is 246 g/mol. The standard InChI is InChI=1S/C14H21NO4/c1-10(16)14(17)15(2)8-7-11-5-6-12(18-3)9-13(11)19-4/h5-6,9-10,16H,7-8H2,1-4H3. The van der Waals surface area contributed by atoms with Crippen LogP contribution in [-0.2, 0) is 11.2 Å². The molecule has 0 saturated carbocycles. The van der Waals surface area contributed by atoms with Gasteiger partial charge in [0.2, 0.25) is 0 Å². The molecule has 0 radical (unpaired) electrons. The topological polar surface area (TPSA) is 59.0 Å². The van der Waals surface area contributed by atoms with Crippen LogP contribution in [0.5, 0.6) is 11.5 Å². The van der Waals surface area contributed by atoms with Gasteiger partial charge in [0, 0.05) is 19.7 Å². The van der Waals surface area contributed by atoms with Crippen LogP contribution in [0.15, 0.2) is 18.2 Å². The first-order valence-corrected chi connectivity index (χ1v) is 6.13. The van der Waals surface area contributed by atoms with Crippen molar-refractivity contribution in [2.24, 2.45) is 0 Å². The number of likely N-dealkylation sites (N-methyl/N-ethyl adjacent to an activating group) is 1. The van der Waals surface area contributed by atoms with Crippen LogP contribution in [0, 0.1) is 0 Å². The van der Waals surface area contributed by atoms with Gasteiger partial charge in [-0.3, -0.25) is 4.79 Å².